The van der Waals surface area contributed by atoms with Crippen molar-refractivity contribution < 1.29 is 0 Å². The third-order valence-electron chi connectivity index (χ3n) is 8.70. The van der Waals surface area contributed by atoms with E-state index in [1.165, 1.54) is 76.8 Å². The minimum absolute atomic E-state index is 1.18. The molecule has 0 spiro atoms. The van der Waals surface area contributed by atoms with Crippen LogP contribution in [0.4, 0.5) is 0 Å². The number of hydrogen-bond acceptors (Lipinski definition) is 0. The van der Waals surface area contributed by atoms with Gasteiger partial charge in [-0.3, -0.25) is 0 Å². The van der Waals surface area contributed by atoms with Crippen molar-refractivity contribution in [1.29, 1.82) is 0 Å². The van der Waals surface area contributed by atoms with Gasteiger partial charge in [0.2, 0.25) is 0 Å². The summed E-state index contributed by atoms with van der Waals surface area (Å²) in [4.78, 5) is 0. The van der Waals surface area contributed by atoms with Crippen LogP contribution in [0.2, 0.25) is 0 Å². The van der Waals surface area contributed by atoms with Crippen molar-refractivity contribution in [2.75, 3.05) is 0 Å². The predicted octanol–water partition coefficient (Wildman–Crippen LogP) is 11.7. The van der Waals surface area contributed by atoms with Crippen LogP contribution in [0.15, 0.2) is 158 Å². The van der Waals surface area contributed by atoms with Gasteiger partial charge in [-0.05, 0) is 81.9 Å². The minimum Gasteiger partial charge on any atom is -0.317 e. The molecule has 0 N–H and O–H groups in total. The molecular weight excluding hydrogens is 532 g/mol. The van der Waals surface area contributed by atoms with E-state index in [2.05, 4.69) is 167 Å². The van der Waals surface area contributed by atoms with Crippen molar-refractivity contribution in [3.8, 4) is 22.5 Å². The van der Waals surface area contributed by atoms with Gasteiger partial charge in [0.05, 0.1) is 16.6 Å². The topological polar surface area (TPSA) is 9.86 Å². The fraction of sp³-hybridized carbons (Fsp3) is 0.0476. The zero-order valence-corrected chi connectivity index (χ0v) is 24.9. The van der Waals surface area contributed by atoms with E-state index in [-0.39, 0.29) is 0 Å². The molecule has 0 aliphatic rings. The predicted molar refractivity (Wildman–Crippen MR) is 189 cm³/mol. The SMILES string of the molecule is CC.c1ccc(-n2ccc3cc(-c4ccc5c(c4)c4ccc6ccccc6c4n5-c4ccc5ccccc5c4)ccc32)cc1. The summed E-state index contributed by atoms with van der Waals surface area (Å²) < 4.78 is 4.71. The van der Waals surface area contributed by atoms with Crippen molar-refractivity contribution in [2.45, 2.75) is 13.8 Å². The van der Waals surface area contributed by atoms with Gasteiger partial charge in [-0.1, -0.05) is 111 Å². The number of para-hydroxylation sites is 1. The molecule has 0 aliphatic carbocycles. The number of nitrogens with zero attached hydrogens (tertiary/aromatic N) is 2. The summed E-state index contributed by atoms with van der Waals surface area (Å²) in [5.74, 6) is 0. The van der Waals surface area contributed by atoms with E-state index < -0.39 is 0 Å². The molecule has 0 unspecified atom stereocenters. The lowest BCUT2D eigenvalue weighted by Gasteiger charge is -2.11. The van der Waals surface area contributed by atoms with Gasteiger partial charge in [0.1, 0.15) is 0 Å². The lowest BCUT2D eigenvalue weighted by molar-refractivity contribution is 1.13. The Bertz CT molecular complexity index is 2460. The molecule has 2 heteroatoms. The van der Waals surface area contributed by atoms with Gasteiger partial charge in [-0.25, -0.2) is 0 Å². The highest BCUT2D eigenvalue weighted by Crippen LogP contribution is 2.39. The lowest BCUT2D eigenvalue weighted by Crippen LogP contribution is -1.94. The maximum absolute atomic E-state index is 2.45. The summed E-state index contributed by atoms with van der Waals surface area (Å²) >= 11 is 0. The molecule has 2 nitrogen and oxygen atoms in total. The van der Waals surface area contributed by atoms with E-state index in [1.807, 2.05) is 13.8 Å². The molecule has 0 atom stereocenters. The highest BCUT2D eigenvalue weighted by atomic mass is 15.0. The van der Waals surface area contributed by atoms with Crippen molar-refractivity contribution >= 4 is 54.3 Å². The van der Waals surface area contributed by atoms with Gasteiger partial charge in [0, 0.05) is 39.1 Å². The minimum atomic E-state index is 1.18. The van der Waals surface area contributed by atoms with Crippen LogP contribution in [0, 0.1) is 0 Å². The quantitative estimate of drug-likeness (QED) is 0.202. The summed E-state index contributed by atoms with van der Waals surface area (Å²) in [6, 6.07) is 55.2. The Balaban J connectivity index is 0.00000142. The van der Waals surface area contributed by atoms with Crippen LogP contribution >= 0.6 is 0 Å². The average molecular weight is 565 g/mol. The van der Waals surface area contributed by atoms with Crippen molar-refractivity contribution in [3.05, 3.63) is 158 Å². The van der Waals surface area contributed by atoms with Gasteiger partial charge in [0.25, 0.3) is 0 Å². The van der Waals surface area contributed by atoms with E-state index in [0.717, 1.165) is 0 Å². The first-order chi connectivity index (χ1) is 21.8. The van der Waals surface area contributed by atoms with Crippen molar-refractivity contribution in [2.24, 2.45) is 0 Å². The van der Waals surface area contributed by atoms with Crippen LogP contribution in [0.5, 0.6) is 0 Å². The maximum atomic E-state index is 2.45. The van der Waals surface area contributed by atoms with Crippen LogP contribution in [-0.4, -0.2) is 9.13 Å². The van der Waals surface area contributed by atoms with Crippen molar-refractivity contribution in [3.63, 3.8) is 0 Å². The van der Waals surface area contributed by atoms with Crippen LogP contribution in [0.3, 0.4) is 0 Å². The third kappa shape index (κ3) is 4.11. The molecule has 2 aromatic heterocycles. The summed E-state index contributed by atoms with van der Waals surface area (Å²) in [7, 11) is 0. The summed E-state index contributed by atoms with van der Waals surface area (Å²) in [5.41, 5.74) is 8.50. The fourth-order valence-corrected chi connectivity index (χ4v) is 6.68. The summed E-state index contributed by atoms with van der Waals surface area (Å²) in [6.07, 6.45) is 2.16. The van der Waals surface area contributed by atoms with Gasteiger partial charge >= 0.3 is 0 Å². The molecule has 2 heterocycles. The zero-order chi connectivity index (χ0) is 29.6. The molecule has 44 heavy (non-hydrogen) atoms. The van der Waals surface area contributed by atoms with Gasteiger partial charge in [-0.15, -0.1) is 0 Å². The molecule has 7 aromatic carbocycles. The molecule has 0 amide bonds. The second kappa shape index (κ2) is 10.6. The molecule has 9 aromatic rings. The number of rotatable bonds is 3. The second-order valence-electron chi connectivity index (χ2n) is 11.1. The van der Waals surface area contributed by atoms with E-state index in [4.69, 9.17) is 0 Å². The van der Waals surface area contributed by atoms with Crippen molar-refractivity contribution in [1.82, 2.24) is 9.13 Å². The normalized spacial score (nSPS) is 11.4. The fourth-order valence-electron chi connectivity index (χ4n) is 6.68. The van der Waals surface area contributed by atoms with Crippen LogP contribution in [0.25, 0.3) is 76.8 Å². The molecule has 210 valence electrons. The van der Waals surface area contributed by atoms with E-state index in [1.54, 1.807) is 0 Å². The lowest BCUT2D eigenvalue weighted by atomic mass is 10.0. The van der Waals surface area contributed by atoms with Gasteiger partial charge in [0.15, 0.2) is 0 Å². The average Bonchev–Trinajstić information content (AvgIpc) is 3.68. The highest BCUT2D eigenvalue weighted by molar-refractivity contribution is 6.19. The number of aromatic nitrogens is 2. The van der Waals surface area contributed by atoms with E-state index in [9.17, 15) is 0 Å². The largest absolute Gasteiger partial charge is 0.317 e. The number of fused-ring (bicyclic) bond motifs is 7. The second-order valence-corrected chi connectivity index (χ2v) is 11.1. The Labute approximate surface area is 257 Å². The van der Waals surface area contributed by atoms with Crippen LogP contribution < -0.4 is 0 Å². The van der Waals surface area contributed by atoms with E-state index in [0.29, 0.717) is 0 Å². The Kier molecular flexibility index (Phi) is 6.27. The third-order valence-corrected chi connectivity index (χ3v) is 8.70. The molecule has 0 fully saturated rings. The molecule has 0 radical (unpaired) electrons. The molecule has 0 bridgehead atoms. The smallest absolute Gasteiger partial charge is 0.0619 e. The number of benzene rings is 7. The van der Waals surface area contributed by atoms with Gasteiger partial charge < -0.3 is 9.13 Å². The molecule has 9 rings (SSSR count). The monoisotopic (exact) mass is 564 g/mol. The van der Waals surface area contributed by atoms with Crippen LogP contribution in [-0.2, 0) is 0 Å². The van der Waals surface area contributed by atoms with Crippen LogP contribution in [0.1, 0.15) is 13.8 Å². The molecule has 0 saturated carbocycles. The molecule has 0 aliphatic heterocycles. The number of hydrogen-bond donors (Lipinski definition) is 0. The summed E-state index contributed by atoms with van der Waals surface area (Å²) in [6.45, 7) is 4.00. The first-order valence-corrected chi connectivity index (χ1v) is 15.4. The standard InChI is InChI=1S/C40H26N2.C2H6/c1-2-11-33(12-3-1)41-23-22-32-24-30(16-20-38(32)41)31-17-21-39-37(26-31)36-19-15-28-9-6-7-13-35(28)40(36)42(39)34-18-14-27-8-4-5-10-29(27)25-34;1-2/h1-26H;1-2H3. The highest BCUT2D eigenvalue weighted by Gasteiger charge is 2.16. The van der Waals surface area contributed by atoms with E-state index >= 15 is 0 Å². The summed E-state index contributed by atoms with van der Waals surface area (Å²) in [5, 5.41) is 8.80. The first kappa shape index (κ1) is 26.1. The Morgan fingerprint density at radius 1 is 0.386 bits per heavy atom. The Morgan fingerprint density at radius 3 is 1.91 bits per heavy atom. The molecule has 0 saturated heterocycles. The molecular formula is C42H32N2. The Hall–Kier alpha value is -5.60. The maximum Gasteiger partial charge on any atom is 0.0619 e. The first-order valence-electron chi connectivity index (χ1n) is 15.4. The zero-order valence-electron chi connectivity index (χ0n) is 24.9. The Morgan fingerprint density at radius 2 is 1.07 bits per heavy atom. The van der Waals surface area contributed by atoms with Gasteiger partial charge in [-0.2, -0.15) is 0 Å².